The molecule has 0 aliphatic heterocycles. The van der Waals surface area contributed by atoms with Crippen molar-refractivity contribution in [1.82, 2.24) is 5.32 Å². The third kappa shape index (κ3) is 5.30. The van der Waals surface area contributed by atoms with Gasteiger partial charge >= 0.3 is 0 Å². The van der Waals surface area contributed by atoms with Crippen LogP contribution in [0.5, 0.6) is 0 Å². The fraction of sp³-hybridized carbons (Fsp3) is 0.333. The highest BCUT2D eigenvalue weighted by Crippen LogP contribution is 2.22. The largest absolute Gasteiger partial charge is 0.316 e. The molecule has 1 nitrogen and oxygen atoms in total. The number of hydrogen-bond donors (Lipinski definition) is 1. The molecule has 1 heterocycles. The van der Waals surface area contributed by atoms with E-state index in [2.05, 4.69) is 69.4 Å². The van der Waals surface area contributed by atoms with Gasteiger partial charge in [-0.15, -0.1) is 11.8 Å². The first-order chi connectivity index (χ1) is 9.28. The van der Waals surface area contributed by atoms with Crippen LogP contribution in [0.2, 0.25) is 0 Å². The van der Waals surface area contributed by atoms with Crippen LogP contribution in [0.25, 0.3) is 0 Å². The topological polar surface area (TPSA) is 12.0 Å². The molecule has 0 radical (unpaired) electrons. The molecule has 0 aliphatic carbocycles. The van der Waals surface area contributed by atoms with Crippen molar-refractivity contribution >= 4 is 39.0 Å². The van der Waals surface area contributed by atoms with Gasteiger partial charge in [0.1, 0.15) is 0 Å². The van der Waals surface area contributed by atoms with Gasteiger partial charge in [0.05, 0.1) is 0 Å². The average Bonchev–Trinajstić information content (AvgIpc) is 2.94. The van der Waals surface area contributed by atoms with E-state index in [1.807, 2.05) is 11.8 Å². The molecule has 1 aromatic carbocycles. The van der Waals surface area contributed by atoms with E-state index < -0.39 is 0 Å². The van der Waals surface area contributed by atoms with Crippen molar-refractivity contribution < 1.29 is 0 Å². The van der Waals surface area contributed by atoms with Gasteiger partial charge in [-0.2, -0.15) is 11.3 Å². The number of rotatable bonds is 7. The lowest BCUT2D eigenvalue weighted by molar-refractivity contribution is 0.573. The van der Waals surface area contributed by atoms with Gasteiger partial charge in [-0.05, 0) is 66.5 Å². The molecule has 0 amide bonds. The van der Waals surface area contributed by atoms with Crippen LogP contribution in [0.15, 0.2) is 50.5 Å². The maximum atomic E-state index is 3.47. The zero-order valence-corrected chi connectivity index (χ0v) is 14.2. The molecule has 0 saturated carbocycles. The van der Waals surface area contributed by atoms with Gasteiger partial charge in [-0.3, -0.25) is 0 Å². The molecule has 2 aromatic rings. The molecule has 4 heteroatoms. The van der Waals surface area contributed by atoms with Crippen molar-refractivity contribution in [2.24, 2.45) is 0 Å². The third-order valence-electron chi connectivity index (χ3n) is 3.03. The van der Waals surface area contributed by atoms with E-state index in [1.54, 1.807) is 11.3 Å². The van der Waals surface area contributed by atoms with Crippen molar-refractivity contribution in [3.63, 3.8) is 0 Å². The number of thiophene rings is 1. The Hall–Kier alpha value is -0.290. The molecule has 0 bridgehead atoms. The minimum Gasteiger partial charge on any atom is -0.316 e. The predicted molar refractivity (Wildman–Crippen MR) is 90.4 cm³/mol. The van der Waals surface area contributed by atoms with E-state index in [-0.39, 0.29) is 0 Å². The van der Waals surface area contributed by atoms with E-state index in [9.17, 15) is 0 Å². The van der Waals surface area contributed by atoms with Crippen molar-refractivity contribution in [2.75, 3.05) is 12.8 Å². The van der Waals surface area contributed by atoms with Crippen molar-refractivity contribution in [2.45, 2.75) is 23.8 Å². The average molecular weight is 356 g/mol. The fourth-order valence-electron chi connectivity index (χ4n) is 1.81. The maximum absolute atomic E-state index is 3.47. The molecular weight excluding hydrogens is 338 g/mol. The molecule has 0 saturated heterocycles. The Morgan fingerprint density at radius 3 is 2.68 bits per heavy atom. The van der Waals surface area contributed by atoms with E-state index >= 15 is 0 Å². The van der Waals surface area contributed by atoms with Gasteiger partial charge in [0, 0.05) is 21.2 Å². The Morgan fingerprint density at radius 2 is 2.05 bits per heavy atom. The monoisotopic (exact) mass is 355 g/mol. The summed E-state index contributed by atoms with van der Waals surface area (Å²) in [5.41, 5.74) is 1.46. The maximum Gasteiger partial charge on any atom is 0.0176 e. The van der Waals surface area contributed by atoms with E-state index in [1.165, 1.54) is 16.9 Å². The molecule has 1 aromatic heterocycles. The highest BCUT2D eigenvalue weighted by Gasteiger charge is 2.07. The molecule has 0 fully saturated rings. The first kappa shape index (κ1) is 15.1. The number of nitrogens with one attached hydrogen (secondary N) is 1. The first-order valence-corrected chi connectivity index (χ1v) is 9.07. The molecule has 0 spiro atoms. The Kier molecular flexibility index (Phi) is 6.44. The minimum atomic E-state index is 0.563. The third-order valence-corrected chi connectivity index (χ3v) is 5.47. The van der Waals surface area contributed by atoms with E-state index in [4.69, 9.17) is 0 Å². The van der Waals surface area contributed by atoms with E-state index in [0.29, 0.717) is 6.04 Å². The second-order valence-corrected chi connectivity index (χ2v) is 7.21. The van der Waals surface area contributed by atoms with Gasteiger partial charge in [-0.25, -0.2) is 0 Å². The quantitative estimate of drug-likeness (QED) is 0.714. The van der Waals surface area contributed by atoms with E-state index in [0.717, 1.165) is 16.6 Å². The summed E-state index contributed by atoms with van der Waals surface area (Å²) in [6.07, 6.45) is 2.35. The molecule has 2 rings (SSSR count). The van der Waals surface area contributed by atoms with Gasteiger partial charge in [0.25, 0.3) is 0 Å². The Bertz CT molecular complexity index is 467. The Balaban J connectivity index is 1.77. The van der Waals surface area contributed by atoms with Crippen molar-refractivity contribution in [3.8, 4) is 0 Å². The van der Waals surface area contributed by atoms with Gasteiger partial charge in [0.2, 0.25) is 0 Å². The van der Waals surface area contributed by atoms with Crippen LogP contribution >= 0.6 is 39.0 Å². The standard InChI is InChI=1S/C15H18BrNS2/c1-17-14(5-2-12-8-9-18-10-12)11-19-15-6-3-13(16)4-7-15/h3-4,6-10,14,17H,2,5,11H2,1H3. The zero-order chi connectivity index (χ0) is 13.5. The summed E-state index contributed by atoms with van der Waals surface area (Å²) in [5, 5.41) is 7.82. The van der Waals surface area contributed by atoms with Gasteiger partial charge < -0.3 is 5.32 Å². The number of halogens is 1. The normalized spacial score (nSPS) is 12.5. The molecular formula is C15H18BrNS2. The second kappa shape index (κ2) is 8.10. The van der Waals surface area contributed by atoms with Crippen LogP contribution < -0.4 is 5.32 Å². The second-order valence-electron chi connectivity index (χ2n) is 4.42. The van der Waals surface area contributed by atoms with Crippen molar-refractivity contribution in [3.05, 3.63) is 51.1 Å². The SMILES string of the molecule is CNC(CCc1ccsc1)CSc1ccc(Br)cc1. The summed E-state index contributed by atoms with van der Waals surface area (Å²) in [5.74, 6) is 1.11. The van der Waals surface area contributed by atoms with Crippen LogP contribution in [-0.2, 0) is 6.42 Å². The number of thioether (sulfide) groups is 1. The van der Waals surface area contributed by atoms with Crippen LogP contribution in [0.3, 0.4) is 0 Å². The van der Waals surface area contributed by atoms with Gasteiger partial charge in [0.15, 0.2) is 0 Å². The Labute approximate surface area is 131 Å². The molecule has 1 atom stereocenters. The first-order valence-electron chi connectivity index (χ1n) is 6.34. The van der Waals surface area contributed by atoms with Crippen LogP contribution in [-0.4, -0.2) is 18.8 Å². The summed E-state index contributed by atoms with van der Waals surface area (Å²) in [6, 6.07) is 11.3. The lowest BCUT2D eigenvalue weighted by Gasteiger charge is -2.15. The minimum absolute atomic E-state index is 0.563. The summed E-state index contributed by atoms with van der Waals surface area (Å²) in [4.78, 5) is 1.33. The van der Waals surface area contributed by atoms with Gasteiger partial charge in [-0.1, -0.05) is 15.9 Å². The lowest BCUT2D eigenvalue weighted by atomic mass is 10.1. The predicted octanol–water partition coefficient (Wildman–Crippen LogP) is 4.82. The fourth-order valence-corrected chi connectivity index (χ4v) is 3.84. The van der Waals surface area contributed by atoms with Crippen LogP contribution in [0, 0.1) is 0 Å². The zero-order valence-electron chi connectivity index (χ0n) is 10.9. The molecule has 0 aliphatic rings. The summed E-state index contributed by atoms with van der Waals surface area (Å²) < 4.78 is 1.14. The van der Waals surface area contributed by atoms with Crippen LogP contribution in [0.4, 0.5) is 0 Å². The molecule has 102 valence electrons. The number of aryl methyl sites for hydroxylation is 1. The summed E-state index contributed by atoms with van der Waals surface area (Å²) >= 11 is 7.16. The smallest absolute Gasteiger partial charge is 0.0176 e. The highest BCUT2D eigenvalue weighted by atomic mass is 79.9. The number of benzene rings is 1. The van der Waals surface area contributed by atoms with Crippen LogP contribution in [0.1, 0.15) is 12.0 Å². The molecule has 1 unspecified atom stereocenters. The number of hydrogen-bond acceptors (Lipinski definition) is 3. The Morgan fingerprint density at radius 1 is 1.26 bits per heavy atom. The summed E-state index contributed by atoms with van der Waals surface area (Å²) in [7, 11) is 2.06. The summed E-state index contributed by atoms with van der Waals surface area (Å²) in [6.45, 7) is 0. The highest BCUT2D eigenvalue weighted by molar-refractivity contribution is 9.10. The van der Waals surface area contributed by atoms with Crippen molar-refractivity contribution in [1.29, 1.82) is 0 Å². The molecule has 19 heavy (non-hydrogen) atoms. The molecule has 1 N–H and O–H groups in total. The lowest BCUT2D eigenvalue weighted by Crippen LogP contribution is -2.28.